The summed E-state index contributed by atoms with van der Waals surface area (Å²) in [4.78, 5) is 0. The quantitative estimate of drug-likeness (QED) is 0.547. The third kappa shape index (κ3) is 4.05. The Morgan fingerprint density at radius 1 is 0.955 bits per heavy atom. The van der Waals surface area contributed by atoms with Crippen LogP contribution in [0.5, 0.6) is 11.5 Å². The summed E-state index contributed by atoms with van der Waals surface area (Å²) in [5.41, 5.74) is 2.18. The second kappa shape index (κ2) is 8.14. The van der Waals surface area contributed by atoms with Gasteiger partial charge in [-0.1, -0.05) is 43.5 Å². The van der Waals surface area contributed by atoms with Crippen LogP contribution in [-0.4, -0.2) is 13.7 Å². The second-order valence-corrected chi connectivity index (χ2v) is 5.14. The number of terminal acetylenes is 1. The molecular weight excluding hydrogens is 272 g/mol. The summed E-state index contributed by atoms with van der Waals surface area (Å²) in [5.74, 6) is 4.53. The first-order valence-corrected chi connectivity index (χ1v) is 7.61. The van der Waals surface area contributed by atoms with E-state index < -0.39 is 0 Å². The van der Waals surface area contributed by atoms with Gasteiger partial charge in [0.25, 0.3) is 0 Å². The van der Waals surface area contributed by atoms with Gasteiger partial charge in [-0.15, -0.1) is 6.42 Å². The Bertz CT molecular complexity index is 606. The molecule has 2 nitrogen and oxygen atoms in total. The molecule has 2 aromatic carbocycles. The molecule has 0 aliphatic heterocycles. The molecule has 0 radical (unpaired) electrons. The number of methoxy groups -OCH3 is 1. The van der Waals surface area contributed by atoms with Gasteiger partial charge in [0.05, 0.1) is 19.6 Å². The lowest BCUT2D eigenvalue weighted by Crippen LogP contribution is -2.00. The van der Waals surface area contributed by atoms with Crippen molar-refractivity contribution in [3.05, 3.63) is 59.7 Å². The fraction of sp³-hybridized carbons (Fsp3) is 0.300. The van der Waals surface area contributed by atoms with E-state index in [0.29, 0.717) is 0 Å². The highest BCUT2D eigenvalue weighted by Gasteiger charge is 2.11. The molecule has 22 heavy (non-hydrogen) atoms. The molecule has 2 aromatic rings. The Balaban J connectivity index is 2.11. The molecule has 0 bridgehead atoms. The second-order valence-electron chi connectivity index (χ2n) is 5.14. The molecular formula is C20H22O2. The maximum atomic E-state index is 5.73. The van der Waals surface area contributed by atoms with E-state index in [0.717, 1.165) is 42.1 Å². The van der Waals surface area contributed by atoms with Crippen LogP contribution in [-0.2, 0) is 0 Å². The van der Waals surface area contributed by atoms with Gasteiger partial charge < -0.3 is 9.47 Å². The van der Waals surface area contributed by atoms with Crippen molar-refractivity contribution in [2.75, 3.05) is 13.7 Å². The smallest absolute Gasteiger partial charge is 0.119 e. The first-order chi connectivity index (χ1) is 10.8. The van der Waals surface area contributed by atoms with Gasteiger partial charge in [-0.3, -0.25) is 0 Å². The Morgan fingerprint density at radius 3 is 1.95 bits per heavy atom. The van der Waals surface area contributed by atoms with Crippen LogP contribution >= 0.6 is 0 Å². The summed E-state index contributed by atoms with van der Waals surface area (Å²) in [6.45, 7) is 2.91. The summed E-state index contributed by atoms with van der Waals surface area (Å²) >= 11 is 0. The molecule has 1 unspecified atom stereocenters. The van der Waals surface area contributed by atoms with Crippen LogP contribution in [0, 0.1) is 12.3 Å². The number of unbranched alkanes of at least 4 members (excludes halogenated alkanes) is 1. The third-order valence-corrected chi connectivity index (χ3v) is 3.60. The normalized spacial score (nSPS) is 11.5. The molecule has 0 heterocycles. The van der Waals surface area contributed by atoms with Crippen molar-refractivity contribution < 1.29 is 9.47 Å². The minimum absolute atomic E-state index is 0.0596. The van der Waals surface area contributed by atoms with Gasteiger partial charge in [-0.05, 0) is 41.8 Å². The fourth-order valence-corrected chi connectivity index (χ4v) is 2.27. The largest absolute Gasteiger partial charge is 0.497 e. The zero-order valence-corrected chi connectivity index (χ0v) is 13.2. The molecule has 114 valence electrons. The Kier molecular flexibility index (Phi) is 5.91. The van der Waals surface area contributed by atoms with Gasteiger partial charge in [0.1, 0.15) is 11.5 Å². The van der Waals surface area contributed by atoms with Crippen LogP contribution in [0.1, 0.15) is 36.8 Å². The minimum atomic E-state index is -0.0596. The van der Waals surface area contributed by atoms with E-state index >= 15 is 0 Å². The molecule has 1 atom stereocenters. The zero-order valence-electron chi connectivity index (χ0n) is 13.2. The van der Waals surface area contributed by atoms with E-state index in [1.165, 1.54) is 0 Å². The zero-order chi connectivity index (χ0) is 15.8. The summed E-state index contributed by atoms with van der Waals surface area (Å²) in [6, 6.07) is 15.9. The predicted molar refractivity (Wildman–Crippen MR) is 90.5 cm³/mol. The average Bonchev–Trinajstić information content (AvgIpc) is 2.58. The van der Waals surface area contributed by atoms with Crippen molar-refractivity contribution in [2.45, 2.75) is 25.7 Å². The summed E-state index contributed by atoms with van der Waals surface area (Å²) in [6.07, 6.45) is 7.93. The molecule has 0 fully saturated rings. The number of ether oxygens (including phenoxy) is 2. The molecule has 0 saturated heterocycles. The van der Waals surface area contributed by atoms with E-state index in [1.807, 2.05) is 48.5 Å². The molecule has 0 N–H and O–H groups in total. The lowest BCUT2D eigenvalue weighted by Gasteiger charge is -2.13. The topological polar surface area (TPSA) is 18.5 Å². The number of hydrogen-bond donors (Lipinski definition) is 0. The third-order valence-electron chi connectivity index (χ3n) is 3.60. The Hall–Kier alpha value is -2.40. The van der Waals surface area contributed by atoms with E-state index in [1.54, 1.807) is 7.11 Å². The van der Waals surface area contributed by atoms with Gasteiger partial charge in [0.15, 0.2) is 0 Å². The average molecular weight is 294 g/mol. The van der Waals surface area contributed by atoms with Gasteiger partial charge in [0, 0.05) is 0 Å². The van der Waals surface area contributed by atoms with Crippen molar-refractivity contribution in [2.24, 2.45) is 0 Å². The molecule has 0 amide bonds. The van der Waals surface area contributed by atoms with Crippen LogP contribution in [0.4, 0.5) is 0 Å². The molecule has 0 spiro atoms. The monoisotopic (exact) mass is 294 g/mol. The van der Waals surface area contributed by atoms with Crippen LogP contribution < -0.4 is 9.47 Å². The molecule has 0 aromatic heterocycles. The van der Waals surface area contributed by atoms with E-state index in [-0.39, 0.29) is 5.92 Å². The van der Waals surface area contributed by atoms with Crippen LogP contribution in [0.15, 0.2) is 48.5 Å². The van der Waals surface area contributed by atoms with Crippen LogP contribution in [0.3, 0.4) is 0 Å². The van der Waals surface area contributed by atoms with E-state index in [2.05, 4.69) is 12.8 Å². The number of hydrogen-bond acceptors (Lipinski definition) is 2. The first-order valence-electron chi connectivity index (χ1n) is 7.61. The summed E-state index contributed by atoms with van der Waals surface area (Å²) < 4.78 is 10.9. The van der Waals surface area contributed by atoms with Crippen molar-refractivity contribution in [1.29, 1.82) is 0 Å². The summed E-state index contributed by atoms with van der Waals surface area (Å²) in [7, 11) is 1.66. The van der Waals surface area contributed by atoms with Crippen molar-refractivity contribution in [3.8, 4) is 23.8 Å². The maximum absolute atomic E-state index is 5.73. The van der Waals surface area contributed by atoms with Gasteiger partial charge in [-0.25, -0.2) is 0 Å². The molecule has 0 aliphatic carbocycles. The Morgan fingerprint density at radius 2 is 1.50 bits per heavy atom. The van der Waals surface area contributed by atoms with Gasteiger partial charge in [0.2, 0.25) is 0 Å². The SMILES string of the molecule is C#CC(c1ccc(OC)cc1)c1ccc(OCCCC)cc1. The molecule has 0 aliphatic rings. The minimum Gasteiger partial charge on any atom is -0.497 e. The lowest BCUT2D eigenvalue weighted by molar-refractivity contribution is 0.309. The number of benzene rings is 2. The van der Waals surface area contributed by atoms with Crippen molar-refractivity contribution in [1.82, 2.24) is 0 Å². The van der Waals surface area contributed by atoms with Gasteiger partial charge in [-0.2, -0.15) is 0 Å². The highest BCUT2D eigenvalue weighted by atomic mass is 16.5. The number of rotatable bonds is 7. The van der Waals surface area contributed by atoms with E-state index in [9.17, 15) is 0 Å². The standard InChI is InChI=1S/C20H22O2/c1-4-6-15-22-19-13-9-17(10-14-19)20(5-2)16-7-11-18(21-3)12-8-16/h2,7-14,20H,4,6,15H2,1,3H3. The molecule has 0 saturated carbocycles. The molecule has 2 rings (SSSR count). The van der Waals surface area contributed by atoms with Gasteiger partial charge >= 0.3 is 0 Å². The van der Waals surface area contributed by atoms with Crippen molar-refractivity contribution in [3.63, 3.8) is 0 Å². The highest BCUT2D eigenvalue weighted by molar-refractivity contribution is 5.43. The predicted octanol–water partition coefficient (Wildman–Crippen LogP) is 4.64. The Labute approximate surface area is 133 Å². The van der Waals surface area contributed by atoms with Crippen molar-refractivity contribution >= 4 is 0 Å². The first kappa shape index (κ1) is 16.0. The van der Waals surface area contributed by atoms with E-state index in [4.69, 9.17) is 15.9 Å². The van der Waals surface area contributed by atoms with Crippen LogP contribution in [0.2, 0.25) is 0 Å². The summed E-state index contributed by atoms with van der Waals surface area (Å²) in [5, 5.41) is 0. The van der Waals surface area contributed by atoms with Crippen LogP contribution in [0.25, 0.3) is 0 Å². The maximum Gasteiger partial charge on any atom is 0.119 e. The highest BCUT2D eigenvalue weighted by Crippen LogP contribution is 2.27. The fourth-order valence-electron chi connectivity index (χ4n) is 2.27. The molecule has 2 heteroatoms. The lowest BCUT2D eigenvalue weighted by atomic mass is 9.92.